The SMILES string of the molecule is C.COC(=O)c1cn(C/C=C/[C@H]2NCCC[C@@H]2O)c2cc(Br)ccc12. The number of piperidine rings is 1. The predicted octanol–water partition coefficient (Wildman–Crippen LogP) is 3.50. The van der Waals surface area contributed by atoms with Gasteiger partial charge in [0.15, 0.2) is 0 Å². The first-order chi connectivity index (χ1) is 11.6. The van der Waals surface area contributed by atoms with E-state index in [9.17, 15) is 9.90 Å². The van der Waals surface area contributed by atoms with E-state index in [1.54, 1.807) is 0 Å². The maximum absolute atomic E-state index is 12.0. The third kappa shape index (κ3) is 4.32. The molecule has 0 aliphatic carbocycles. The van der Waals surface area contributed by atoms with E-state index < -0.39 is 0 Å². The Balaban J connectivity index is 0.00000225. The molecule has 2 atom stereocenters. The largest absolute Gasteiger partial charge is 0.465 e. The topological polar surface area (TPSA) is 63.5 Å². The second-order valence-corrected chi connectivity index (χ2v) is 6.88. The molecule has 1 fully saturated rings. The van der Waals surface area contributed by atoms with Gasteiger partial charge in [0.25, 0.3) is 0 Å². The zero-order valence-corrected chi connectivity index (χ0v) is 15.1. The molecule has 5 nitrogen and oxygen atoms in total. The lowest BCUT2D eigenvalue weighted by atomic mass is 10.0. The minimum atomic E-state index is -0.338. The summed E-state index contributed by atoms with van der Waals surface area (Å²) in [6, 6.07) is 5.81. The van der Waals surface area contributed by atoms with Gasteiger partial charge in [0.05, 0.1) is 30.3 Å². The molecular formula is C19H25BrN2O3. The van der Waals surface area contributed by atoms with Crippen molar-refractivity contribution in [3.05, 3.63) is 46.6 Å². The van der Waals surface area contributed by atoms with Crippen LogP contribution in [0.5, 0.6) is 0 Å². The fraction of sp³-hybridized carbons (Fsp3) is 0.421. The van der Waals surface area contributed by atoms with Gasteiger partial charge in [-0.2, -0.15) is 0 Å². The Morgan fingerprint density at radius 2 is 2.32 bits per heavy atom. The highest BCUT2D eigenvalue weighted by molar-refractivity contribution is 9.10. The Morgan fingerprint density at radius 3 is 3.04 bits per heavy atom. The normalized spacial score (nSPS) is 20.6. The smallest absolute Gasteiger partial charge is 0.340 e. The van der Waals surface area contributed by atoms with E-state index in [2.05, 4.69) is 21.2 Å². The van der Waals surface area contributed by atoms with Crippen LogP contribution in [0.2, 0.25) is 0 Å². The number of carbonyl (C=O) groups is 1. The number of fused-ring (bicyclic) bond motifs is 1. The number of esters is 1. The summed E-state index contributed by atoms with van der Waals surface area (Å²) in [4.78, 5) is 12.0. The number of nitrogens with zero attached hydrogens (tertiary/aromatic N) is 1. The number of aliphatic hydroxyl groups excluding tert-OH is 1. The highest BCUT2D eigenvalue weighted by Crippen LogP contribution is 2.26. The molecule has 0 spiro atoms. The summed E-state index contributed by atoms with van der Waals surface area (Å²) >= 11 is 3.48. The van der Waals surface area contributed by atoms with Crippen LogP contribution < -0.4 is 5.32 Å². The fourth-order valence-corrected chi connectivity index (χ4v) is 3.45. The van der Waals surface area contributed by atoms with Crippen molar-refractivity contribution in [1.82, 2.24) is 9.88 Å². The van der Waals surface area contributed by atoms with Crippen molar-refractivity contribution in [3.8, 4) is 0 Å². The number of aliphatic hydroxyl groups is 1. The number of nitrogens with one attached hydrogen (secondary N) is 1. The summed E-state index contributed by atoms with van der Waals surface area (Å²) < 4.78 is 7.85. The van der Waals surface area contributed by atoms with Crippen molar-refractivity contribution >= 4 is 32.8 Å². The number of hydrogen-bond donors (Lipinski definition) is 2. The monoisotopic (exact) mass is 408 g/mol. The van der Waals surface area contributed by atoms with E-state index in [0.29, 0.717) is 12.1 Å². The third-order valence-corrected chi connectivity index (χ3v) is 4.86. The molecule has 2 heterocycles. The number of rotatable bonds is 4. The molecule has 0 unspecified atom stereocenters. The maximum atomic E-state index is 12.0. The summed E-state index contributed by atoms with van der Waals surface area (Å²) in [7, 11) is 1.39. The molecule has 0 radical (unpaired) electrons. The third-order valence-electron chi connectivity index (χ3n) is 4.37. The number of methoxy groups -OCH3 is 1. The lowest BCUT2D eigenvalue weighted by Gasteiger charge is -2.26. The zero-order valence-electron chi connectivity index (χ0n) is 13.5. The number of ether oxygens (including phenoxy) is 1. The molecular weight excluding hydrogens is 384 g/mol. The molecule has 0 saturated carbocycles. The standard InChI is InChI=1S/C18H21BrN2O3.CH4/c1-24-18(23)14-11-21(16-10-12(19)6-7-13(14)16)9-3-4-15-17(22)5-2-8-20-15;/h3-4,6-7,10-11,15,17,20,22H,2,5,8-9H2,1H3;1H4/b4-3+;/t15-,17+;/m1./s1. The number of hydrogen-bond acceptors (Lipinski definition) is 4. The van der Waals surface area contributed by atoms with Gasteiger partial charge < -0.3 is 19.7 Å². The van der Waals surface area contributed by atoms with Crippen LogP contribution in [0.1, 0.15) is 30.6 Å². The average Bonchev–Trinajstić information content (AvgIpc) is 2.94. The van der Waals surface area contributed by atoms with Gasteiger partial charge in [0.1, 0.15) is 0 Å². The molecule has 1 aliphatic heterocycles. The predicted molar refractivity (Wildman–Crippen MR) is 104 cm³/mol. The Bertz CT molecular complexity index is 769. The Labute approximate surface area is 156 Å². The van der Waals surface area contributed by atoms with Gasteiger partial charge in [-0.25, -0.2) is 4.79 Å². The molecule has 2 aromatic rings. The van der Waals surface area contributed by atoms with E-state index in [4.69, 9.17) is 4.74 Å². The van der Waals surface area contributed by atoms with Gasteiger partial charge in [-0.3, -0.25) is 0 Å². The van der Waals surface area contributed by atoms with Crippen molar-refractivity contribution in [3.63, 3.8) is 0 Å². The average molecular weight is 409 g/mol. The van der Waals surface area contributed by atoms with Crippen molar-refractivity contribution in [1.29, 1.82) is 0 Å². The molecule has 3 rings (SSSR count). The van der Waals surface area contributed by atoms with E-state index in [-0.39, 0.29) is 25.5 Å². The molecule has 1 aliphatic rings. The van der Waals surface area contributed by atoms with Crippen molar-refractivity contribution in [2.24, 2.45) is 0 Å². The van der Waals surface area contributed by atoms with Crippen molar-refractivity contribution < 1.29 is 14.6 Å². The van der Waals surface area contributed by atoms with Gasteiger partial charge in [-0.05, 0) is 31.5 Å². The van der Waals surface area contributed by atoms with Crippen LogP contribution in [-0.4, -0.2) is 41.4 Å². The van der Waals surface area contributed by atoms with E-state index in [0.717, 1.165) is 34.8 Å². The van der Waals surface area contributed by atoms with Gasteiger partial charge in [-0.15, -0.1) is 0 Å². The first kappa shape index (κ1) is 19.7. The lowest BCUT2D eigenvalue weighted by molar-refractivity contribution is 0.0602. The number of carbonyl (C=O) groups excluding carboxylic acids is 1. The van der Waals surface area contributed by atoms with Crippen LogP contribution in [0.25, 0.3) is 10.9 Å². The number of halogens is 1. The first-order valence-corrected chi connectivity index (χ1v) is 8.84. The first-order valence-electron chi connectivity index (χ1n) is 8.05. The van der Waals surface area contributed by atoms with Crippen LogP contribution in [0.3, 0.4) is 0 Å². The highest BCUT2D eigenvalue weighted by Gasteiger charge is 2.19. The van der Waals surface area contributed by atoms with Crippen LogP contribution in [0.15, 0.2) is 41.0 Å². The zero-order chi connectivity index (χ0) is 17.1. The van der Waals surface area contributed by atoms with Crippen molar-refractivity contribution in [2.75, 3.05) is 13.7 Å². The van der Waals surface area contributed by atoms with E-state index in [1.165, 1.54) is 7.11 Å². The lowest BCUT2D eigenvalue weighted by Crippen LogP contribution is -2.43. The summed E-state index contributed by atoms with van der Waals surface area (Å²) in [6.07, 6.45) is 7.34. The van der Waals surface area contributed by atoms with Gasteiger partial charge in [0.2, 0.25) is 0 Å². The molecule has 1 aromatic carbocycles. The van der Waals surface area contributed by atoms with Gasteiger partial charge in [0, 0.05) is 22.6 Å². The van der Waals surface area contributed by atoms with Crippen LogP contribution >= 0.6 is 15.9 Å². The molecule has 2 N–H and O–H groups in total. The molecule has 6 heteroatoms. The second kappa shape index (κ2) is 8.65. The second-order valence-electron chi connectivity index (χ2n) is 5.97. The number of benzene rings is 1. The van der Waals surface area contributed by atoms with Crippen LogP contribution in [0.4, 0.5) is 0 Å². The molecule has 136 valence electrons. The van der Waals surface area contributed by atoms with Gasteiger partial charge in [-0.1, -0.05) is 41.6 Å². The quantitative estimate of drug-likeness (QED) is 0.600. The Kier molecular flexibility index (Phi) is 6.81. The summed E-state index contributed by atoms with van der Waals surface area (Å²) in [5.41, 5.74) is 1.52. The summed E-state index contributed by atoms with van der Waals surface area (Å²) in [5, 5.41) is 14.2. The van der Waals surface area contributed by atoms with Crippen LogP contribution in [0, 0.1) is 0 Å². The minimum Gasteiger partial charge on any atom is -0.465 e. The molecule has 0 amide bonds. The number of aromatic nitrogens is 1. The number of allylic oxidation sites excluding steroid dienone is 1. The molecule has 0 bridgehead atoms. The highest BCUT2D eigenvalue weighted by atomic mass is 79.9. The summed E-state index contributed by atoms with van der Waals surface area (Å²) in [5.74, 6) is -0.338. The minimum absolute atomic E-state index is 0. The Hall–Kier alpha value is -1.63. The van der Waals surface area contributed by atoms with Crippen LogP contribution in [-0.2, 0) is 11.3 Å². The fourth-order valence-electron chi connectivity index (χ4n) is 3.10. The maximum Gasteiger partial charge on any atom is 0.340 e. The molecule has 1 aromatic heterocycles. The van der Waals surface area contributed by atoms with Crippen molar-refractivity contribution in [2.45, 2.75) is 39.0 Å². The van der Waals surface area contributed by atoms with Gasteiger partial charge >= 0.3 is 5.97 Å². The Morgan fingerprint density at radius 1 is 1.52 bits per heavy atom. The van der Waals surface area contributed by atoms with E-state index in [1.807, 2.05) is 41.1 Å². The van der Waals surface area contributed by atoms with E-state index >= 15 is 0 Å². The molecule has 25 heavy (non-hydrogen) atoms. The summed E-state index contributed by atoms with van der Waals surface area (Å²) in [6.45, 7) is 1.55. The molecule has 1 saturated heterocycles.